The van der Waals surface area contributed by atoms with Crippen LogP contribution in [0, 0.1) is 11.6 Å². The highest BCUT2D eigenvalue weighted by atomic mass is 19.1. The van der Waals surface area contributed by atoms with Gasteiger partial charge in [0.2, 0.25) is 0 Å². The second-order valence-corrected chi connectivity index (χ2v) is 8.35. The first kappa shape index (κ1) is 22.7. The van der Waals surface area contributed by atoms with Crippen LogP contribution in [0.2, 0.25) is 0 Å². The van der Waals surface area contributed by atoms with Crippen LogP contribution < -0.4 is 15.8 Å². The Bertz CT molecular complexity index is 1120. The average Bonchev–Trinajstić information content (AvgIpc) is 2.79. The number of ether oxygens (including phenoxy) is 1. The van der Waals surface area contributed by atoms with Gasteiger partial charge in [0, 0.05) is 42.5 Å². The van der Waals surface area contributed by atoms with E-state index in [1.165, 1.54) is 18.2 Å². The SMILES string of the molecule is CC1CN(C(=O)c2ccc(-c3cnc(N)c(OCc4c(F)cccc4F)c3)cc2)CC(C)N1. The number of nitrogen functional groups attached to an aromatic ring is 1. The number of aromatic nitrogens is 1. The van der Waals surface area contributed by atoms with E-state index in [9.17, 15) is 13.6 Å². The molecule has 1 saturated heterocycles. The fourth-order valence-corrected chi connectivity index (χ4v) is 4.03. The van der Waals surface area contributed by atoms with E-state index in [0.717, 1.165) is 5.56 Å². The molecule has 0 radical (unpaired) electrons. The predicted molar refractivity (Wildman–Crippen MR) is 123 cm³/mol. The standard InChI is InChI=1S/C25H26F2N4O2/c1-15-12-31(13-16(2)30-15)25(32)18-8-6-17(7-9-18)19-10-23(24(28)29-11-19)33-14-20-21(26)4-3-5-22(20)27/h3-11,15-16,30H,12-14H2,1-2H3,(H2,28,29). The Morgan fingerprint density at radius 1 is 1.09 bits per heavy atom. The van der Waals surface area contributed by atoms with Crippen molar-refractivity contribution >= 4 is 11.7 Å². The molecule has 3 N–H and O–H groups in total. The van der Waals surface area contributed by atoms with Gasteiger partial charge in [-0.1, -0.05) is 18.2 Å². The third-order valence-electron chi connectivity index (χ3n) is 5.63. The van der Waals surface area contributed by atoms with Crippen LogP contribution in [0.25, 0.3) is 11.1 Å². The Hall–Kier alpha value is -3.52. The molecule has 2 aromatic carbocycles. The summed E-state index contributed by atoms with van der Waals surface area (Å²) in [7, 11) is 0. The van der Waals surface area contributed by atoms with E-state index in [4.69, 9.17) is 10.5 Å². The highest BCUT2D eigenvalue weighted by Gasteiger charge is 2.25. The first-order valence-electron chi connectivity index (χ1n) is 10.8. The highest BCUT2D eigenvalue weighted by molar-refractivity contribution is 5.95. The fraction of sp³-hybridized carbons (Fsp3) is 0.280. The zero-order chi connectivity index (χ0) is 23.5. The minimum Gasteiger partial charge on any atom is -0.485 e. The van der Waals surface area contributed by atoms with Crippen molar-refractivity contribution in [2.24, 2.45) is 0 Å². The number of anilines is 1. The lowest BCUT2D eigenvalue weighted by atomic mass is 10.0. The Labute approximate surface area is 191 Å². The summed E-state index contributed by atoms with van der Waals surface area (Å²) >= 11 is 0. The maximum atomic E-state index is 13.9. The second kappa shape index (κ2) is 9.54. The van der Waals surface area contributed by atoms with Gasteiger partial charge in [0.05, 0.1) is 5.56 Å². The van der Waals surface area contributed by atoms with Crippen molar-refractivity contribution in [3.05, 3.63) is 77.5 Å². The molecule has 0 bridgehead atoms. The molecular weight excluding hydrogens is 426 g/mol. The second-order valence-electron chi connectivity index (χ2n) is 8.35. The lowest BCUT2D eigenvalue weighted by molar-refractivity contribution is 0.0674. The van der Waals surface area contributed by atoms with Crippen LogP contribution in [0.5, 0.6) is 5.75 Å². The minimum absolute atomic E-state index is 0.00637. The molecule has 2 atom stereocenters. The molecule has 0 aliphatic carbocycles. The van der Waals surface area contributed by atoms with E-state index in [1.54, 1.807) is 24.4 Å². The monoisotopic (exact) mass is 452 g/mol. The number of nitrogens with zero attached hydrogens (tertiary/aromatic N) is 2. The van der Waals surface area contributed by atoms with Crippen LogP contribution in [0.15, 0.2) is 54.7 Å². The van der Waals surface area contributed by atoms with Crippen LogP contribution in [0.1, 0.15) is 29.8 Å². The number of halogens is 2. The smallest absolute Gasteiger partial charge is 0.253 e. The molecule has 1 aliphatic rings. The Morgan fingerprint density at radius 3 is 2.36 bits per heavy atom. The molecule has 1 aliphatic heterocycles. The summed E-state index contributed by atoms with van der Waals surface area (Å²) in [5.74, 6) is -1.05. The summed E-state index contributed by atoms with van der Waals surface area (Å²) < 4.78 is 33.3. The van der Waals surface area contributed by atoms with Crippen molar-refractivity contribution in [2.45, 2.75) is 32.5 Å². The van der Waals surface area contributed by atoms with Gasteiger partial charge in [0.15, 0.2) is 11.6 Å². The number of carbonyl (C=O) groups is 1. The lowest BCUT2D eigenvalue weighted by Gasteiger charge is -2.36. The summed E-state index contributed by atoms with van der Waals surface area (Å²) in [5.41, 5.74) is 7.84. The number of pyridine rings is 1. The molecule has 33 heavy (non-hydrogen) atoms. The molecule has 0 spiro atoms. The first-order valence-corrected chi connectivity index (χ1v) is 10.8. The normalized spacial score (nSPS) is 18.2. The fourth-order valence-electron chi connectivity index (χ4n) is 4.03. The Kier molecular flexibility index (Phi) is 6.55. The number of piperazine rings is 1. The van der Waals surface area contributed by atoms with Crippen molar-refractivity contribution in [2.75, 3.05) is 18.8 Å². The number of hydrogen-bond acceptors (Lipinski definition) is 5. The van der Waals surface area contributed by atoms with Crippen LogP contribution in [0.3, 0.4) is 0 Å². The number of hydrogen-bond donors (Lipinski definition) is 2. The summed E-state index contributed by atoms with van der Waals surface area (Å²) in [5, 5.41) is 3.42. The highest BCUT2D eigenvalue weighted by Crippen LogP contribution is 2.28. The molecule has 172 valence electrons. The van der Waals surface area contributed by atoms with Gasteiger partial charge in [-0.15, -0.1) is 0 Å². The van der Waals surface area contributed by atoms with Crippen molar-refractivity contribution in [3.8, 4) is 16.9 Å². The molecule has 6 nitrogen and oxygen atoms in total. The van der Waals surface area contributed by atoms with Gasteiger partial charge in [-0.2, -0.15) is 0 Å². The molecule has 1 aromatic heterocycles. The van der Waals surface area contributed by atoms with Gasteiger partial charge in [0.1, 0.15) is 18.2 Å². The van der Waals surface area contributed by atoms with Gasteiger partial charge in [-0.05, 0) is 49.7 Å². The van der Waals surface area contributed by atoms with E-state index in [1.807, 2.05) is 17.0 Å². The summed E-state index contributed by atoms with van der Waals surface area (Å²) in [6.07, 6.45) is 1.59. The molecule has 4 rings (SSSR count). The average molecular weight is 453 g/mol. The number of benzene rings is 2. The van der Waals surface area contributed by atoms with E-state index in [-0.39, 0.29) is 41.7 Å². The van der Waals surface area contributed by atoms with E-state index < -0.39 is 11.6 Å². The minimum atomic E-state index is -0.689. The number of amides is 1. The molecule has 2 unspecified atom stereocenters. The number of nitrogens with two attached hydrogens (primary N) is 1. The lowest BCUT2D eigenvalue weighted by Crippen LogP contribution is -2.55. The number of rotatable bonds is 5. The zero-order valence-corrected chi connectivity index (χ0v) is 18.5. The molecule has 3 aromatic rings. The van der Waals surface area contributed by atoms with E-state index in [2.05, 4.69) is 24.1 Å². The van der Waals surface area contributed by atoms with Gasteiger partial charge >= 0.3 is 0 Å². The maximum Gasteiger partial charge on any atom is 0.253 e. The molecular formula is C25H26F2N4O2. The quantitative estimate of drug-likeness (QED) is 0.612. The summed E-state index contributed by atoms with van der Waals surface area (Å²) in [6.45, 7) is 5.13. The van der Waals surface area contributed by atoms with Crippen LogP contribution in [-0.4, -0.2) is 41.0 Å². The molecule has 1 fully saturated rings. The first-order chi connectivity index (χ1) is 15.8. The van der Waals surface area contributed by atoms with Crippen molar-refractivity contribution in [1.29, 1.82) is 0 Å². The predicted octanol–water partition coefficient (Wildman–Crippen LogP) is 4.01. The molecule has 0 saturated carbocycles. The van der Waals surface area contributed by atoms with E-state index >= 15 is 0 Å². The zero-order valence-electron chi connectivity index (χ0n) is 18.5. The summed E-state index contributed by atoms with van der Waals surface area (Å²) in [4.78, 5) is 18.9. The molecule has 2 heterocycles. The molecule has 8 heteroatoms. The maximum absolute atomic E-state index is 13.9. The van der Waals surface area contributed by atoms with Gasteiger partial charge < -0.3 is 20.7 Å². The van der Waals surface area contributed by atoms with E-state index in [0.29, 0.717) is 24.2 Å². The number of nitrogens with one attached hydrogen (secondary N) is 1. The van der Waals surface area contributed by atoms with Crippen molar-refractivity contribution < 1.29 is 18.3 Å². The number of carbonyl (C=O) groups excluding carboxylic acids is 1. The Morgan fingerprint density at radius 2 is 1.73 bits per heavy atom. The van der Waals surface area contributed by atoms with Crippen LogP contribution in [0.4, 0.5) is 14.6 Å². The third kappa shape index (κ3) is 5.12. The van der Waals surface area contributed by atoms with Crippen molar-refractivity contribution in [1.82, 2.24) is 15.2 Å². The van der Waals surface area contributed by atoms with Crippen LogP contribution in [-0.2, 0) is 6.61 Å². The van der Waals surface area contributed by atoms with Gasteiger partial charge in [-0.25, -0.2) is 13.8 Å². The molecule has 1 amide bonds. The third-order valence-corrected chi connectivity index (χ3v) is 5.63. The van der Waals surface area contributed by atoms with Gasteiger partial charge in [0.25, 0.3) is 5.91 Å². The topological polar surface area (TPSA) is 80.5 Å². The van der Waals surface area contributed by atoms with Crippen molar-refractivity contribution in [3.63, 3.8) is 0 Å². The van der Waals surface area contributed by atoms with Gasteiger partial charge in [-0.3, -0.25) is 4.79 Å². The summed E-state index contributed by atoms with van der Waals surface area (Å²) in [6, 6.07) is 13.0. The largest absolute Gasteiger partial charge is 0.485 e. The van der Waals surface area contributed by atoms with Crippen LogP contribution >= 0.6 is 0 Å². The Balaban J connectivity index is 1.50.